The Labute approximate surface area is 179 Å². The first-order valence-electron chi connectivity index (χ1n) is 8.26. The van der Waals surface area contributed by atoms with E-state index in [0.29, 0.717) is 22.1 Å². The Morgan fingerprint density at radius 1 is 1.26 bits per heavy atom. The van der Waals surface area contributed by atoms with Crippen LogP contribution >= 0.6 is 43.6 Å². The maximum atomic E-state index is 12.4. The van der Waals surface area contributed by atoms with Gasteiger partial charge in [-0.05, 0) is 70.9 Å². The number of phenols is 1. The lowest BCUT2D eigenvalue weighted by molar-refractivity contribution is 0.0651. The monoisotopic (exact) mass is 517 g/mol. The van der Waals surface area contributed by atoms with Gasteiger partial charge in [-0.2, -0.15) is 0 Å². The van der Waals surface area contributed by atoms with E-state index in [0.717, 1.165) is 9.37 Å². The van der Waals surface area contributed by atoms with Crippen LogP contribution in [0.1, 0.15) is 25.0 Å². The Kier molecular flexibility index (Phi) is 8.47. The van der Waals surface area contributed by atoms with Gasteiger partial charge in [0.15, 0.2) is 0 Å². The number of benzene rings is 2. The molecule has 0 radical (unpaired) electrons. The number of ether oxygens (including phenoxy) is 1. The highest BCUT2D eigenvalue weighted by atomic mass is 79.9. The van der Waals surface area contributed by atoms with E-state index in [1.165, 1.54) is 0 Å². The molecule has 2 atom stereocenters. The number of halogens is 2. The summed E-state index contributed by atoms with van der Waals surface area (Å²) in [5, 5.41) is 22.4. The Hall–Kier alpha value is -1.22. The van der Waals surface area contributed by atoms with Gasteiger partial charge in [0.25, 0.3) is 0 Å². The van der Waals surface area contributed by atoms with Gasteiger partial charge < -0.3 is 14.9 Å². The summed E-state index contributed by atoms with van der Waals surface area (Å²) in [5.74, 6) is -0.197. The topological polar surface area (TPSA) is 78.8 Å². The number of anilines is 1. The number of carbonyl (C=O) groups is 1. The molecule has 2 aromatic carbocycles. The SMILES string of the molecule is CSc1ccc(NC(=O)O[C@@H](c2cc(Br)cc(Br)c2O)[C@H](C)CCO)cc1. The van der Waals surface area contributed by atoms with Crippen LogP contribution in [0.3, 0.4) is 0 Å². The van der Waals surface area contributed by atoms with Gasteiger partial charge in [-0.15, -0.1) is 11.8 Å². The van der Waals surface area contributed by atoms with Crippen molar-refractivity contribution in [3.05, 3.63) is 50.9 Å². The van der Waals surface area contributed by atoms with E-state index in [2.05, 4.69) is 37.2 Å². The van der Waals surface area contributed by atoms with Gasteiger partial charge in [-0.3, -0.25) is 5.32 Å². The molecule has 0 fully saturated rings. The number of hydrogen-bond acceptors (Lipinski definition) is 5. The zero-order valence-electron chi connectivity index (χ0n) is 14.9. The summed E-state index contributed by atoms with van der Waals surface area (Å²) in [4.78, 5) is 13.5. The molecule has 8 heteroatoms. The smallest absolute Gasteiger partial charge is 0.412 e. The highest BCUT2D eigenvalue weighted by Gasteiger charge is 2.27. The largest absolute Gasteiger partial charge is 0.506 e. The van der Waals surface area contributed by atoms with Crippen molar-refractivity contribution < 1.29 is 19.7 Å². The molecular formula is C19H21Br2NO4S. The molecule has 0 spiro atoms. The molecule has 3 N–H and O–H groups in total. The second-order valence-electron chi connectivity index (χ2n) is 5.99. The van der Waals surface area contributed by atoms with Gasteiger partial charge in [-0.1, -0.05) is 22.9 Å². The number of thioether (sulfide) groups is 1. The van der Waals surface area contributed by atoms with Crippen molar-refractivity contribution in [2.45, 2.75) is 24.3 Å². The maximum Gasteiger partial charge on any atom is 0.412 e. The van der Waals surface area contributed by atoms with E-state index in [1.54, 1.807) is 36.0 Å². The third-order valence-electron chi connectivity index (χ3n) is 4.04. The molecule has 0 saturated heterocycles. The Bertz CT molecular complexity index is 786. The van der Waals surface area contributed by atoms with Crippen LogP contribution in [0.2, 0.25) is 0 Å². The number of aliphatic hydroxyl groups is 1. The molecule has 146 valence electrons. The molecule has 1 amide bonds. The average molecular weight is 519 g/mol. The molecule has 2 aromatic rings. The molecule has 5 nitrogen and oxygen atoms in total. The number of nitrogens with one attached hydrogen (secondary N) is 1. The number of carbonyl (C=O) groups excluding carboxylic acids is 1. The Morgan fingerprint density at radius 3 is 2.52 bits per heavy atom. The van der Waals surface area contributed by atoms with Gasteiger partial charge >= 0.3 is 6.09 Å². The summed E-state index contributed by atoms with van der Waals surface area (Å²) in [6, 6.07) is 10.8. The zero-order chi connectivity index (χ0) is 20.0. The first kappa shape index (κ1) is 22.1. The minimum Gasteiger partial charge on any atom is -0.506 e. The lowest BCUT2D eigenvalue weighted by Crippen LogP contribution is -2.22. The van der Waals surface area contributed by atoms with Crippen LogP contribution in [0.5, 0.6) is 5.75 Å². The van der Waals surface area contributed by atoms with Crippen molar-refractivity contribution in [2.24, 2.45) is 5.92 Å². The molecule has 0 bridgehead atoms. The summed E-state index contributed by atoms with van der Waals surface area (Å²) < 4.78 is 6.86. The van der Waals surface area contributed by atoms with Crippen LogP contribution in [-0.2, 0) is 4.74 Å². The fraction of sp³-hybridized carbons (Fsp3) is 0.316. The number of aromatic hydroxyl groups is 1. The van der Waals surface area contributed by atoms with Gasteiger partial charge in [0.1, 0.15) is 11.9 Å². The van der Waals surface area contributed by atoms with Crippen molar-refractivity contribution in [3.63, 3.8) is 0 Å². The number of amides is 1. The van der Waals surface area contributed by atoms with E-state index < -0.39 is 12.2 Å². The number of phenolic OH excluding ortho intramolecular Hbond substituents is 1. The summed E-state index contributed by atoms with van der Waals surface area (Å²) in [7, 11) is 0. The molecule has 0 saturated carbocycles. The van der Waals surface area contributed by atoms with Crippen LogP contribution in [0, 0.1) is 5.92 Å². The zero-order valence-corrected chi connectivity index (χ0v) is 18.9. The van der Waals surface area contributed by atoms with E-state index in [-0.39, 0.29) is 18.3 Å². The molecule has 0 heterocycles. The third kappa shape index (κ3) is 6.14. The second kappa shape index (κ2) is 10.4. The van der Waals surface area contributed by atoms with Gasteiger partial charge in [0.05, 0.1) is 4.47 Å². The van der Waals surface area contributed by atoms with Crippen molar-refractivity contribution >= 4 is 55.4 Å². The molecule has 0 aliphatic carbocycles. The van der Waals surface area contributed by atoms with E-state index in [4.69, 9.17) is 4.74 Å². The standard InChI is InChI=1S/C19H21Br2NO4S/c1-11(7-8-23)18(15-9-12(20)10-16(21)17(15)24)26-19(25)22-13-3-5-14(27-2)6-4-13/h3-6,9-11,18,23-24H,7-8H2,1-2H3,(H,22,25)/t11-,18-/m1/s1. The minimum atomic E-state index is -0.726. The van der Waals surface area contributed by atoms with Crippen LogP contribution < -0.4 is 5.32 Å². The van der Waals surface area contributed by atoms with Crippen molar-refractivity contribution in [2.75, 3.05) is 18.2 Å². The van der Waals surface area contributed by atoms with Gasteiger partial charge in [0, 0.05) is 27.2 Å². The summed E-state index contributed by atoms with van der Waals surface area (Å²) in [6.45, 7) is 1.81. The van der Waals surface area contributed by atoms with Crippen LogP contribution in [-0.4, -0.2) is 29.2 Å². The summed E-state index contributed by atoms with van der Waals surface area (Å²) >= 11 is 8.30. The van der Waals surface area contributed by atoms with Crippen molar-refractivity contribution in [3.8, 4) is 5.75 Å². The highest BCUT2D eigenvalue weighted by molar-refractivity contribution is 9.11. The minimum absolute atomic E-state index is 0.00473. The Morgan fingerprint density at radius 2 is 1.93 bits per heavy atom. The first-order valence-corrected chi connectivity index (χ1v) is 11.1. The molecule has 0 aliphatic rings. The van der Waals surface area contributed by atoms with Crippen LogP contribution in [0.25, 0.3) is 0 Å². The quantitative estimate of drug-likeness (QED) is 0.395. The Balaban J connectivity index is 2.22. The molecule has 0 unspecified atom stereocenters. The molecule has 0 aliphatic heterocycles. The van der Waals surface area contributed by atoms with Crippen molar-refractivity contribution in [1.82, 2.24) is 0 Å². The molecule has 27 heavy (non-hydrogen) atoms. The summed E-state index contributed by atoms with van der Waals surface area (Å²) in [5.41, 5.74) is 1.08. The molecular weight excluding hydrogens is 498 g/mol. The lowest BCUT2D eigenvalue weighted by atomic mass is 9.94. The van der Waals surface area contributed by atoms with Crippen LogP contribution in [0.15, 0.2) is 50.2 Å². The fourth-order valence-electron chi connectivity index (χ4n) is 2.58. The number of hydrogen-bond donors (Lipinski definition) is 3. The van der Waals surface area contributed by atoms with Gasteiger partial charge in [-0.25, -0.2) is 4.79 Å². The predicted molar refractivity (Wildman–Crippen MR) is 115 cm³/mol. The average Bonchev–Trinajstić information content (AvgIpc) is 2.63. The maximum absolute atomic E-state index is 12.4. The van der Waals surface area contributed by atoms with E-state index in [1.807, 2.05) is 25.3 Å². The highest BCUT2D eigenvalue weighted by Crippen LogP contribution is 2.40. The predicted octanol–water partition coefficient (Wildman–Crippen LogP) is 5.95. The number of aliphatic hydroxyl groups excluding tert-OH is 1. The second-order valence-corrected chi connectivity index (χ2v) is 8.64. The van der Waals surface area contributed by atoms with Gasteiger partial charge in [0.2, 0.25) is 0 Å². The van der Waals surface area contributed by atoms with Crippen LogP contribution in [0.4, 0.5) is 10.5 Å². The third-order valence-corrected chi connectivity index (χ3v) is 5.84. The number of rotatable bonds is 7. The normalized spacial score (nSPS) is 13.1. The lowest BCUT2D eigenvalue weighted by Gasteiger charge is -2.25. The van der Waals surface area contributed by atoms with Crippen molar-refractivity contribution in [1.29, 1.82) is 0 Å². The van der Waals surface area contributed by atoms with E-state index >= 15 is 0 Å². The summed E-state index contributed by atoms with van der Waals surface area (Å²) in [6.07, 6.45) is 1.05. The fourth-order valence-corrected chi connectivity index (χ4v) is 4.25. The molecule has 2 rings (SSSR count). The van der Waals surface area contributed by atoms with E-state index in [9.17, 15) is 15.0 Å². The molecule has 0 aromatic heterocycles. The first-order chi connectivity index (χ1) is 12.8.